The van der Waals surface area contributed by atoms with Crippen LogP contribution in [-0.2, 0) is 6.54 Å². The maximum atomic E-state index is 11.5. The first-order valence-electron chi connectivity index (χ1n) is 6.11. The average Bonchev–Trinajstić information content (AvgIpc) is 2.70. The Morgan fingerprint density at radius 3 is 2.69 bits per heavy atom. The predicted molar refractivity (Wildman–Crippen MR) is 62.3 cm³/mol. The number of rotatable bonds is 3. The molecule has 0 unspecified atom stereocenters. The van der Waals surface area contributed by atoms with Gasteiger partial charge in [0.15, 0.2) is 0 Å². The molecule has 1 aromatic heterocycles. The van der Waals surface area contributed by atoms with Crippen molar-refractivity contribution in [2.45, 2.75) is 45.1 Å². The molecule has 16 heavy (non-hydrogen) atoms. The number of aromatic amines is 1. The van der Waals surface area contributed by atoms with Crippen LogP contribution in [0.15, 0.2) is 4.79 Å². The molecule has 0 atom stereocenters. The van der Waals surface area contributed by atoms with Crippen LogP contribution < -0.4 is 11.4 Å². The van der Waals surface area contributed by atoms with E-state index in [-0.39, 0.29) is 5.69 Å². The fourth-order valence-electron chi connectivity index (χ4n) is 2.60. The summed E-state index contributed by atoms with van der Waals surface area (Å²) in [4.78, 5) is 11.5. The topological polar surface area (TPSA) is 76.7 Å². The molecule has 1 aromatic rings. The zero-order valence-electron chi connectivity index (χ0n) is 9.78. The van der Waals surface area contributed by atoms with E-state index in [1.165, 1.54) is 0 Å². The van der Waals surface area contributed by atoms with Crippen molar-refractivity contribution in [3.63, 3.8) is 0 Å². The van der Waals surface area contributed by atoms with E-state index >= 15 is 0 Å². The SMILES string of the molecule is CCn1c(C2CCC(CN)CC2)n[nH]c1=O. The van der Waals surface area contributed by atoms with Crippen molar-refractivity contribution in [1.29, 1.82) is 0 Å². The number of hydrogen-bond donors (Lipinski definition) is 2. The number of nitrogens with zero attached hydrogens (tertiary/aromatic N) is 2. The highest BCUT2D eigenvalue weighted by Gasteiger charge is 2.25. The molecule has 1 aliphatic rings. The van der Waals surface area contributed by atoms with E-state index in [1.807, 2.05) is 6.92 Å². The first-order chi connectivity index (χ1) is 7.76. The summed E-state index contributed by atoms with van der Waals surface area (Å²) in [7, 11) is 0. The summed E-state index contributed by atoms with van der Waals surface area (Å²) in [5, 5.41) is 6.70. The summed E-state index contributed by atoms with van der Waals surface area (Å²) >= 11 is 0. The Kier molecular flexibility index (Phi) is 3.43. The molecule has 2 rings (SSSR count). The summed E-state index contributed by atoms with van der Waals surface area (Å²) in [6.07, 6.45) is 4.52. The van der Waals surface area contributed by atoms with Gasteiger partial charge in [-0.3, -0.25) is 4.57 Å². The minimum atomic E-state index is -0.0848. The molecule has 3 N–H and O–H groups in total. The minimum absolute atomic E-state index is 0.0848. The molecule has 1 saturated carbocycles. The fourth-order valence-corrected chi connectivity index (χ4v) is 2.60. The predicted octanol–water partition coefficient (Wildman–Crippen LogP) is 0.824. The maximum absolute atomic E-state index is 11.5. The van der Waals surface area contributed by atoms with Crippen molar-refractivity contribution in [2.75, 3.05) is 6.54 Å². The molecule has 0 spiro atoms. The van der Waals surface area contributed by atoms with Crippen molar-refractivity contribution in [3.05, 3.63) is 16.3 Å². The summed E-state index contributed by atoms with van der Waals surface area (Å²) in [6.45, 7) is 3.46. The van der Waals surface area contributed by atoms with Crippen LogP contribution in [0.3, 0.4) is 0 Å². The van der Waals surface area contributed by atoms with E-state index in [1.54, 1.807) is 4.57 Å². The third-order valence-corrected chi connectivity index (χ3v) is 3.65. The summed E-state index contributed by atoms with van der Waals surface area (Å²) in [5.74, 6) is 2.03. The third-order valence-electron chi connectivity index (χ3n) is 3.65. The summed E-state index contributed by atoms with van der Waals surface area (Å²) in [6, 6.07) is 0. The summed E-state index contributed by atoms with van der Waals surface area (Å²) < 4.78 is 1.74. The normalized spacial score (nSPS) is 25.9. The van der Waals surface area contributed by atoms with E-state index in [9.17, 15) is 4.79 Å². The lowest BCUT2D eigenvalue weighted by molar-refractivity contribution is 0.320. The molecule has 0 saturated heterocycles. The number of H-pyrrole nitrogens is 1. The number of nitrogens with one attached hydrogen (secondary N) is 1. The molecule has 5 nitrogen and oxygen atoms in total. The van der Waals surface area contributed by atoms with Crippen molar-refractivity contribution in [3.8, 4) is 0 Å². The lowest BCUT2D eigenvalue weighted by Crippen LogP contribution is -2.24. The van der Waals surface area contributed by atoms with Crippen LogP contribution in [0.2, 0.25) is 0 Å². The highest BCUT2D eigenvalue weighted by molar-refractivity contribution is 4.98. The van der Waals surface area contributed by atoms with Crippen LogP contribution in [0.1, 0.15) is 44.3 Å². The second kappa shape index (κ2) is 4.82. The van der Waals surface area contributed by atoms with Crippen LogP contribution >= 0.6 is 0 Å². The van der Waals surface area contributed by atoms with Gasteiger partial charge in [-0.25, -0.2) is 9.89 Å². The van der Waals surface area contributed by atoms with Crippen LogP contribution in [0.5, 0.6) is 0 Å². The Morgan fingerprint density at radius 2 is 2.12 bits per heavy atom. The molecular formula is C11H20N4O. The standard InChI is InChI=1S/C11H20N4O/c1-2-15-10(13-14-11(15)16)9-5-3-8(7-12)4-6-9/h8-9H,2-7,12H2,1H3,(H,14,16). The Balaban J connectivity index is 2.11. The largest absolute Gasteiger partial charge is 0.343 e. The molecule has 1 heterocycles. The van der Waals surface area contributed by atoms with Gasteiger partial charge in [-0.2, -0.15) is 5.10 Å². The van der Waals surface area contributed by atoms with Crippen molar-refractivity contribution >= 4 is 0 Å². The zero-order chi connectivity index (χ0) is 11.5. The monoisotopic (exact) mass is 224 g/mol. The van der Waals surface area contributed by atoms with E-state index in [0.717, 1.165) is 38.1 Å². The molecule has 0 radical (unpaired) electrons. The number of hydrogen-bond acceptors (Lipinski definition) is 3. The van der Waals surface area contributed by atoms with Gasteiger partial charge in [-0.15, -0.1) is 0 Å². The average molecular weight is 224 g/mol. The summed E-state index contributed by atoms with van der Waals surface area (Å²) in [5.41, 5.74) is 5.59. The van der Waals surface area contributed by atoms with Crippen LogP contribution in [0.25, 0.3) is 0 Å². The van der Waals surface area contributed by atoms with Crippen LogP contribution in [-0.4, -0.2) is 21.3 Å². The van der Waals surface area contributed by atoms with Gasteiger partial charge in [-0.05, 0) is 45.1 Å². The van der Waals surface area contributed by atoms with Crippen LogP contribution in [0.4, 0.5) is 0 Å². The molecule has 90 valence electrons. The van der Waals surface area contributed by atoms with Gasteiger partial charge in [-0.1, -0.05) is 0 Å². The van der Waals surface area contributed by atoms with Gasteiger partial charge < -0.3 is 5.73 Å². The van der Waals surface area contributed by atoms with Gasteiger partial charge in [0, 0.05) is 12.5 Å². The van der Waals surface area contributed by atoms with Crippen molar-refractivity contribution in [2.24, 2.45) is 11.7 Å². The molecule has 0 bridgehead atoms. The van der Waals surface area contributed by atoms with Crippen molar-refractivity contribution < 1.29 is 0 Å². The molecule has 0 aromatic carbocycles. The van der Waals surface area contributed by atoms with Gasteiger partial charge >= 0.3 is 5.69 Å². The van der Waals surface area contributed by atoms with E-state index in [0.29, 0.717) is 18.4 Å². The first kappa shape index (κ1) is 11.4. The van der Waals surface area contributed by atoms with E-state index < -0.39 is 0 Å². The smallest absolute Gasteiger partial charge is 0.330 e. The second-order valence-electron chi connectivity index (χ2n) is 4.58. The quantitative estimate of drug-likeness (QED) is 0.798. The molecule has 5 heteroatoms. The molecular weight excluding hydrogens is 204 g/mol. The van der Waals surface area contributed by atoms with E-state index in [2.05, 4.69) is 10.2 Å². The highest BCUT2D eigenvalue weighted by atomic mass is 16.1. The van der Waals surface area contributed by atoms with Gasteiger partial charge in [0.05, 0.1) is 0 Å². The molecule has 0 amide bonds. The van der Waals surface area contributed by atoms with Crippen molar-refractivity contribution in [1.82, 2.24) is 14.8 Å². The lowest BCUT2D eigenvalue weighted by Gasteiger charge is -2.26. The molecule has 1 aliphatic carbocycles. The molecule has 0 aliphatic heterocycles. The first-order valence-corrected chi connectivity index (χ1v) is 6.11. The maximum Gasteiger partial charge on any atom is 0.343 e. The minimum Gasteiger partial charge on any atom is -0.330 e. The highest BCUT2D eigenvalue weighted by Crippen LogP contribution is 2.33. The fraction of sp³-hybridized carbons (Fsp3) is 0.818. The van der Waals surface area contributed by atoms with Crippen LogP contribution in [0, 0.1) is 5.92 Å². The Hall–Kier alpha value is -1.10. The van der Waals surface area contributed by atoms with Gasteiger partial charge in [0.1, 0.15) is 5.82 Å². The second-order valence-corrected chi connectivity index (χ2v) is 4.58. The Morgan fingerprint density at radius 1 is 1.44 bits per heavy atom. The van der Waals surface area contributed by atoms with E-state index in [4.69, 9.17) is 5.73 Å². The number of nitrogens with two attached hydrogens (primary N) is 1. The van der Waals surface area contributed by atoms with Gasteiger partial charge in [0.2, 0.25) is 0 Å². The Labute approximate surface area is 95.0 Å². The van der Waals surface area contributed by atoms with Gasteiger partial charge in [0.25, 0.3) is 0 Å². The number of aromatic nitrogens is 3. The zero-order valence-corrected chi connectivity index (χ0v) is 9.78. The lowest BCUT2D eigenvalue weighted by atomic mass is 9.81. The molecule has 1 fully saturated rings. The Bertz CT molecular complexity index is 387. The third kappa shape index (κ3) is 2.04.